The van der Waals surface area contributed by atoms with Gasteiger partial charge in [-0.05, 0) is 53.1 Å². The van der Waals surface area contributed by atoms with Crippen molar-refractivity contribution < 1.29 is 18.0 Å². The number of fused-ring (bicyclic) bond motifs is 1. The third-order valence-corrected chi connectivity index (χ3v) is 4.76. The summed E-state index contributed by atoms with van der Waals surface area (Å²) in [6.45, 7) is 1.74. The standard InChI is InChI=1S/C21H16F3N5O/c1-12(19-26-28-29-27-19)25-20(30)15-7-10-18-14(11-15)3-2-4-17(18)13-5-8-16(9-6-13)21(22,23)24/h2-12H,1H3,(H,25,30)(H,26,27,28,29)/t12-/m0/s1. The lowest BCUT2D eigenvalue weighted by Crippen LogP contribution is -2.27. The Morgan fingerprint density at radius 2 is 1.83 bits per heavy atom. The minimum absolute atomic E-state index is 0.297. The summed E-state index contributed by atoms with van der Waals surface area (Å²) in [5.74, 6) is 0.0721. The van der Waals surface area contributed by atoms with E-state index >= 15 is 0 Å². The van der Waals surface area contributed by atoms with Crippen molar-refractivity contribution >= 4 is 16.7 Å². The molecule has 152 valence electrons. The van der Waals surface area contributed by atoms with E-state index in [4.69, 9.17) is 0 Å². The van der Waals surface area contributed by atoms with Crippen LogP contribution in [0.15, 0.2) is 60.7 Å². The maximum absolute atomic E-state index is 12.8. The molecule has 4 rings (SSSR count). The SMILES string of the molecule is C[C@H](NC(=O)c1ccc2c(-c3ccc(C(F)(F)F)cc3)cccc2c1)c1nn[nH]n1. The molecule has 0 aliphatic carbocycles. The van der Waals surface area contributed by atoms with Gasteiger partial charge in [0.15, 0.2) is 5.82 Å². The van der Waals surface area contributed by atoms with Crippen molar-refractivity contribution in [3.63, 3.8) is 0 Å². The molecule has 0 aliphatic rings. The first kappa shape index (κ1) is 19.6. The smallest absolute Gasteiger partial charge is 0.342 e. The fourth-order valence-corrected chi connectivity index (χ4v) is 3.21. The van der Waals surface area contributed by atoms with E-state index in [2.05, 4.69) is 25.9 Å². The van der Waals surface area contributed by atoms with Crippen molar-refractivity contribution in [2.45, 2.75) is 19.1 Å². The second kappa shape index (κ2) is 7.58. The highest BCUT2D eigenvalue weighted by atomic mass is 19.4. The third-order valence-electron chi connectivity index (χ3n) is 4.76. The molecule has 0 fully saturated rings. The number of benzene rings is 3. The van der Waals surface area contributed by atoms with E-state index < -0.39 is 17.8 Å². The van der Waals surface area contributed by atoms with Crippen LogP contribution in [0.25, 0.3) is 21.9 Å². The number of tetrazole rings is 1. The highest BCUT2D eigenvalue weighted by molar-refractivity contribution is 6.02. The average Bonchev–Trinajstić information content (AvgIpc) is 3.27. The summed E-state index contributed by atoms with van der Waals surface area (Å²) < 4.78 is 38.5. The summed E-state index contributed by atoms with van der Waals surface area (Å²) >= 11 is 0. The quantitative estimate of drug-likeness (QED) is 0.517. The molecule has 0 unspecified atom stereocenters. The van der Waals surface area contributed by atoms with Crippen LogP contribution in [-0.2, 0) is 6.18 Å². The van der Waals surface area contributed by atoms with Crippen LogP contribution in [0, 0.1) is 0 Å². The predicted molar refractivity (Wildman–Crippen MR) is 104 cm³/mol. The molecule has 1 heterocycles. The first-order chi connectivity index (χ1) is 14.3. The number of aromatic nitrogens is 4. The fraction of sp³-hybridized carbons (Fsp3) is 0.143. The average molecular weight is 411 g/mol. The Morgan fingerprint density at radius 3 is 2.50 bits per heavy atom. The van der Waals surface area contributed by atoms with Gasteiger partial charge < -0.3 is 5.32 Å². The van der Waals surface area contributed by atoms with Gasteiger partial charge in [0.25, 0.3) is 5.91 Å². The molecule has 0 radical (unpaired) electrons. The maximum Gasteiger partial charge on any atom is 0.416 e. The molecule has 3 aromatic carbocycles. The van der Waals surface area contributed by atoms with Crippen LogP contribution >= 0.6 is 0 Å². The molecule has 1 atom stereocenters. The molecule has 0 saturated carbocycles. The van der Waals surface area contributed by atoms with E-state index in [1.807, 2.05) is 12.1 Å². The molecule has 4 aromatic rings. The summed E-state index contributed by atoms with van der Waals surface area (Å²) in [5.41, 5.74) is 1.20. The van der Waals surface area contributed by atoms with Crippen molar-refractivity contribution in [3.05, 3.63) is 77.6 Å². The Balaban J connectivity index is 1.63. The van der Waals surface area contributed by atoms with E-state index in [1.54, 1.807) is 31.2 Å². The Labute approximate surface area is 169 Å². The molecule has 0 aliphatic heterocycles. The van der Waals surface area contributed by atoms with Crippen molar-refractivity contribution in [1.82, 2.24) is 25.9 Å². The van der Waals surface area contributed by atoms with Crippen LogP contribution in [-0.4, -0.2) is 26.5 Å². The number of rotatable bonds is 4. The Hall–Kier alpha value is -3.75. The van der Waals surface area contributed by atoms with Crippen LogP contribution in [0.5, 0.6) is 0 Å². The van der Waals surface area contributed by atoms with Gasteiger partial charge >= 0.3 is 6.18 Å². The molecule has 0 spiro atoms. The zero-order valence-corrected chi connectivity index (χ0v) is 15.7. The largest absolute Gasteiger partial charge is 0.416 e. The highest BCUT2D eigenvalue weighted by Crippen LogP contribution is 2.33. The number of carbonyl (C=O) groups is 1. The summed E-state index contributed by atoms with van der Waals surface area (Å²) in [4.78, 5) is 12.6. The number of halogens is 3. The number of nitrogens with zero attached hydrogens (tertiary/aromatic N) is 3. The monoisotopic (exact) mass is 411 g/mol. The van der Waals surface area contributed by atoms with E-state index in [-0.39, 0.29) is 5.91 Å². The maximum atomic E-state index is 12.8. The normalized spacial score (nSPS) is 12.7. The molecular weight excluding hydrogens is 395 g/mol. The van der Waals surface area contributed by atoms with Crippen LogP contribution < -0.4 is 5.32 Å². The number of hydrogen-bond donors (Lipinski definition) is 2. The van der Waals surface area contributed by atoms with Crippen LogP contribution in [0.1, 0.15) is 34.7 Å². The van der Waals surface area contributed by atoms with Gasteiger partial charge in [0.05, 0.1) is 11.6 Å². The predicted octanol–water partition coefficient (Wildman–Crippen LogP) is 4.53. The first-order valence-corrected chi connectivity index (χ1v) is 9.07. The van der Waals surface area contributed by atoms with Gasteiger partial charge in [0.1, 0.15) is 0 Å². The number of alkyl halides is 3. The van der Waals surface area contributed by atoms with Crippen LogP contribution in [0.4, 0.5) is 13.2 Å². The van der Waals surface area contributed by atoms with Gasteiger partial charge in [-0.1, -0.05) is 41.6 Å². The molecule has 9 heteroatoms. The minimum Gasteiger partial charge on any atom is -0.342 e. The summed E-state index contributed by atoms with van der Waals surface area (Å²) in [7, 11) is 0. The number of nitrogens with one attached hydrogen (secondary N) is 2. The molecule has 0 saturated heterocycles. The zero-order valence-electron chi connectivity index (χ0n) is 15.7. The van der Waals surface area contributed by atoms with Gasteiger partial charge in [-0.3, -0.25) is 4.79 Å². The number of H-pyrrole nitrogens is 1. The molecule has 30 heavy (non-hydrogen) atoms. The van der Waals surface area contributed by atoms with Crippen molar-refractivity contribution in [2.24, 2.45) is 0 Å². The lowest BCUT2D eigenvalue weighted by atomic mass is 9.96. The number of carbonyl (C=O) groups excluding carboxylic acids is 1. The summed E-state index contributed by atoms with van der Waals surface area (Å²) in [5, 5.41) is 17.9. The number of aromatic amines is 1. The van der Waals surface area contributed by atoms with Crippen molar-refractivity contribution in [2.75, 3.05) is 0 Å². The Morgan fingerprint density at radius 1 is 1.07 bits per heavy atom. The van der Waals surface area contributed by atoms with E-state index in [9.17, 15) is 18.0 Å². The third kappa shape index (κ3) is 3.86. The number of hydrogen-bond acceptors (Lipinski definition) is 4. The van der Waals surface area contributed by atoms with Gasteiger partial charge in [-0.15, -0.1) is 10.2 Å². The number of amides is 1. The Bertz CT molecular complexity index is 1190. The topological polar surface area (TPSA) is 83.6 Å². The molecular formula is C21H16F3N5O. The van der Waals surface area contributed by atoms with Crippen molar-refractivity contribution in [3.8, 4) is 11.1 Å². The first-order valence-electron chi connectivity index (χ1n) is 9.07. The van der Waals surface area contributed by atoms with Gasteiger partial charge in [-0.2, -0.15) is 18.4 Å². The van der Waals surface area contributed by atoms with Gasteiger partial charge in [0.2, 0.25) is 0 Å². The van der Waals surface area contributed by atoms with Gasteiger partial charge in [0, 0.05) is 5.56 Å². The minimum atomic E-state index is -4.38. The lowest BCUT2D eigenvalue weighted by Gasteiger charge is -2.12. The zero-order chi connectivity index (χ0) is 21.3. The summed E-state index contributed by atoms with van der Waals surface area (Å²) in [6, 6.07) is 15.3. The fourth-order valence-electron chi connectivity index (χ4n) is 3.21. The van der Waals surface area contributed by atoms with Crippen LogP contribution in [0.2, 0.25) is 0 Å². The van der Waals surface area contributed by atoms with E-state index in [1.165, 1.54) is 12.1 Å². The highest BCUT2D eigenvalue weighted by Gasteiger charge is 2.30. The van der Waals surface area contributed by atoms with Crippen LogP contribution in [0.3, 0.4) is 0 Å². The molecule has 1 amide bonds. The second-order valence-corrected chi connectivity index (χ2v) is 6.78. The Kier molecular flexibility index (Phi) is 4.94. The molecule has 2 N–H and O–H groups in total. The van der Waals surface area contributed by atoms with E-state index in [0.717, 1.165) is 28.5 Å². The molecule has 6 nitrogen and oxygen atoms in total. The van der Waals surface area contributed by atoms with Crippen molar-refractivity contribution in [1.29, 1.82) is 0 Å². The second-order valence-electron chi connectivity index (χ2n) is 6.78. The lowest BCUT2D eigenvalue weighted by molar-refractivity contribution is -0.137. The molecule has 1 aromatic heterocycles. The van der Waals surface area contributed by atoms with E-state index in [0.29, 0.717) is 17.0 Å². The molecule has 0 bridgehead atoms. The summed E-state index contributed by atoms with van der Waals surface area (Å²) in [6.07, 6.45) is -4.38. The van der Waals surface area contributed by atoms with Gasteiger partial charge in [-0.25, -0.2) is 0 Å².